The van der Waals surface area contributed by atoms with E-state index in [1.54, 1.807) is 6.07 Å². The molecule has 0 bridgehead atoms. The maximum atomic E-state index is 12.6. The molecule has 0 amide bonds. The SMILES string of the molecule is C=C(OC)c1ccc(F)cc1Br. The second-order valence-electron chi connectivity index (χ2n) is 2.25. The third kappa shape index (κ3) is 1.85. The van der Waals surface area contributed by atoms with Crippen molar-refractivity contribution < 1.29 is 9.13 Å². The van der Waals surface area contributed by atoms with Crippen molar-refractivity contribution in [2.24, 2.45) is 0 Å². The first-order valence-corrected chi connectivity index (χ1v) is 4.12. The van der Waals surface area contributed by atoms with Gasteiger partial charge in [-0.05, 0) is 34.1 Å². The van der Waals surface area contributed by atoms with Gasteiger partial charge in [-0.1, -0.05) is 6.58 Å². The fourth-order valence-electron chi connectivity index (χ4n) is 0.826. The Bertz CT molecular complexity index is 309. The van der Waals surface area contributed by atoms with Crippen molar-refractivity contribution >= 4 is 21.7 Å². The minimum atomic E-state index is -0.283. The van der Waals surface area contributed by atoms with E-state index in [2.05, 4.69) is 22.5 Å². The highest BCUT2D eigenvalue weighted by Gasteiger charge is 2.04. The Balaban J connectivity index is 3.09. The number of hydrogen-bond donors (Lipinski definition) is 0. The molecule has 1 aromatic carbocycles. The zero-order valence-electron chi connectivity index (χ0n) is 6.60. The molecule has 0 heterocycles. The normalized spacial score (nSPS) is 9.58. The van der Waals surface area contributed by atoms with Crippen LogP contribution in [0.15, 0.2) is 29.3 Å². The summed E-state index contributed by atoms with van der Waals surface area (Å²) in [6, 6.07) is 4.36. The van der Waals surface area contributed by atoms with Gasteiger partial charge in [-0.2, -0.15) is 0 Å². The van der Waals surface area contributed by atoms with E-state index in [9.17, 15) is 4.39 Å². The van der Waals surface area contributed by atoms with Gasteiger partial charge >= 0.3 is 0 Å². The molecule has 1 rings (SSSR count). The van der Waals surface area contributed by atoms with Crippen LogP contribution in [0.1, 0.15) is 5.56 Å². The van der Waals surface area contributed by atoms with E-state index in [1.165, 1.54) is 19.2 Å². The standard InChI is InChI=1S/C9H8BrFO/c1-6(12-2)8-4-3-7(11)5-9(8)10/h3-5H,1H2,2H3. The zero-order valence-corrected chi connectivity index (χ0v) is 8.19. The lowest BCUT2D eigenvalue weighted by atomic mass is 10.2. The van der Waals surface area contributed by atoms with Crippen LogP contribution >= 0.6 is 15.9 Å². The molecule has 0 saturated heterocycles. The molecule has 0 spiro atoms. The second-order valence-corrected chi connectivity index (χ2v) is 3.11. The molecule has 0 saturated carbocycles. The molecular formula is C9H8BrFO. The van der Waals surface area contributed by atoms with Crippen molar-refractivity contribution in [2.45, 2.75) is 0 Å². The highest BCUT2D eigenvalue weighted by molar-refractivity contribution is 9.10. The summed E-state index contributed by atoms with van der Waals surface area (Å²) in [5, 5.41) is 0. The number of ether oxygens (including phenoxy) is 1. The highest BCUT2D eigenvalue weighted by Crippen LogP contribution is 2.24. The quantitative estimate of drug-likeness (QED) is 0.710. The van der Waals surface area contributed by atoms with Crippen LogP contribution in [0.3, 0.4) is 0 Å². The summed E-state index contributed by atoms with van der Waals surface area (Å²) < 4.78 is 18.2. The van der Waals surface area contributed by atoms with Crippen molar-refractivity contribution in [3.63, 3.8) is 0 Å². The van der Waals surface area contributed by atoms with Crippen LogP contribution in [0.25, 0.3) is 5.76 Å². The molecular weight excluding hydrogens is 223 g/mol. The molecule has 3 heteroatoms. The van der Waals surface area contributed by atoms with E-state index < -0.39 is 0 Å². The number of rotatable bonds is 2. The van der Waals surface area contributed by atoms with E-state index in [-0.39, 0.29) is 5.82 Å². The van der Waals surface area contributed by atoms with E-state index in [0.717, 1.165) is 5.56 Å². The maximum absolute atomic E-state index is 12.6. The van der Waals surface area contributed by atoms with E-state index in [0.29, 0.717) is 10.2 Å². The van der Waals surface area contributed by atoms with Gasteiger partial charge in [-0.25, -0.2) is 4.39 Å². The third-order valence-electron chi connectivity index (χ3n) is 1.48. The number of hydrogen-bond acceptors (Lipinski definition) is 1. The van der Waals surface area contributed by atoms with Crippen LogP contribution in [0, 0.1) is 5.82 Å². The minimum absolute atomic E-state index is 0.283. The first-order chi connectivity index (χ1) is 5.65. The third-order valence-corrected chi connectivity index (χ3v) is 2.13. The van der Waals surface area contributed by atoms with Crippen molar-refractivity contribution in [1.29, 1.82) is 0 Å². The van der Waals surface area contributed by atoms with Crippen LogP contribution < -0.4 is 0 Å². The molecule has 0 unspecified atom stereocenters. The van der Waals surface area contributed by atoms with Crippen molar-refractivity contribution in [1.82, 2.24) is 0 Å². The van der Waals surface area contributed by atoms with E-state index >= 15 is 0 Å². The summed E-state index contributed by atoms with van der Waals surface area (Å²) in [5.41, 5.74) is 0.763. The van der Waals surface area contributed by atoms with Gasteiger partial charge in [0.15, 0.2) is 0 Å². The molecule has 0 aliphatic heterocycles. The Labute approximate surface area is 79.0 Å². The smallest absolute Gasteiger partial charge is 0.124 e. The highest BCUT2D eigenvalue weighted by atomic mass is 79.9. The summed E-state index contributed by atoms with van der Waals surface area (Å²) in [6.45, 7) is 3.66. The number of methoxy groups -OCH3 is 1. The van der Waals surface area contributed by atoms with Gasteiger partial charge in [0, 0.05) is 10.0 Å². The molecule has 0 aromatic heterocycles. The Hall–Kier alpha value is -0.830. The lowest BCUT2D eigenvalue weighted by Crippen LogP contribution is -1.87. The lowest BCUT2D eigenvalue weighted by Gasteiger charge is -2.05. The predicted molar refractivity (Wildman–Crippen MR) is 50.1 cm³/mol. The molecule has 0 aliphatic rings. The van der Waals surface area contributed by atoms with Crippen LogP contribution in [0.2, 0.25) is 0 Å². The van der Waals surface area contributed by atoms with Gasteiger partial charge in [0.1, 0.15) is 11.6 Å². The van der Waals surface area contributed by atoms with Gasteiger partial charge in [0.2, 0.25) is 0 Å². The van der Waals surface area contributed by atoms with E-state index in [4.69, 9.17) is 4.74 Å². The van der Waals surface area contributed by atoms with Crippen LogP contribution in [-0.2, 0) is 4.74 Å². The topological polar surface area (TPSA) is 9.23 Å². The Morgan fingerprint density at radius 3 is 2.75 bits per heavy atom. The minimum Gasteiger partial charge on any atom is -0.497 e. The Kier molecular flexibility index (Phi) is 2.87. The van der Waals surface area contributed by atoms with Crippen LogP contribution in [0.4, 0.5) is 4.39 Å². The Morgan fingerprint density at radius 1 is 1.58 bits per heavy atom. The average molecular weight is 231 g/mol. The molecule has 1 aromatic rings. The van der Waals surface area contributed by atoms with E-state index in [1.807, 2.05) is 0 Å². The average Bonchev–Trinajstić information content (AvgIpc) is 2.03. The van der Waals surface area contributed by atoms with Gasteiger partial charge in [0.25, 0.3) is 0 Å². The molecule has 0 aliphatic carbocycles. The second kappa shape index (κ2) is 3.72. The molecule has 0 N–H and O–H groups in total. The summed E-state index contributed by atoms with van der Waals surface area (Å²) in [5.74, 6) is 0.233. The summed E-state index contributed by atoms with van der Waals surface area (Å²) in [7, 11) is 1.53. The van der Waals surface area contributed by atoms with Gasteiger partial charge in [0.05, 0.1) is 7.11 Å². The molecule has 64 valence electrons. The molecule has 12 heavy (non-hydrogen) atoms. The van der Waals surface area contributed by atoms with Crippen molar-refractivity contribution in [3.05, 3.63) is 40.6 Å². The molecule has 0 atom stereocenters. The van der Waals surface area contributed by atoms with Crippen LogP contribution in [0.5, 0.6) is 0 Å². The zero-order chi connectivity index (χ0) is 9.14. The maximum Gasteiger partial charge on any atom is 0.124 e. The molecule has 0 radical (unpaired) electrons. The predicted octanol–water partition coefficient (Wildman–Crippen LogP) is 3.21. The summed E-state index contributed by atoms with van der Waals surface area (Å²) in [4.78, 5) is 0. The van der Waals surface area contributed by atoms with Gasteiger partial charge < -0.3 is 4.74 Å². The Morgan fingerprint density at radius 2 is 2.25 bits per heavy atom. The molecule has 1 nitrogen and oxygen atoms in total. The first kappa shape index (κ1) is 9.26. The van der Waals surface area contributed by atoms with Gasteiger partial charge in [-0.3, -0.25) is 0 Å². The fourth-order valence-corrected chi connectivity index (χ4v) is 1.40. The van der Waals surface area contributed by atoms with Crippen LogP contribution in [-0.4, -0.2) is 7.11 Å². The number of halogens is 2. The summed E-state index contributed by atoms with van der Waals surface area (Å²) >= 11 is 3.21. The summed E-state index contributed by atoms with van der Waals surface area (Å²) in [6.07, 6.45) is 0. The number of benzene rings is 1. The van der Waals surface area contributed by atoms with Crippen molar-refractivity contribution in [3.8, 4) is 0 Å². The monoisotopic (exact) mass is 230 g/mol. The largest absolute Gasteiger partial charge is 0.497 e. The lowest BCUT2D eigenvalue weighted by molar-refractivity contribution is 0.371. The van der Waals surface area contributed by atoms with Gasteiger partial charge in [-0.15, -0.1) is 0 Å². The molecule has 0 fully saturated rings. The fraction of sp³-hybridized carbons (Fsp3) is 0.111. The first-order valence-electron chi connectivity index (χ1n) is 3.33. The van der Waals surface area contributed by atoms with Crippen molar-refractivity contribution in [2.75, 3.05) is 7.11 Å².